The predicted molar refractivity (Wildman–Crippen MR) is 118 cm³/mol. The largest absolute Gasteiger partial charge is 0.488 e. The first-order chi connectivity index (χ1) is 14.8. The standard InChI is InChI=1S/C23H25NO6S/c1-16(15-28-2)29-20-12-17(23-9-4-18(24-23)10-11-25)13-21(14-20)30-19-5-7-22(8-6-19)31(3,26)27/h4-9,11-14,16,24H,10,15H2,1-3H3/t16-/m0/s1. The van der Waals surface area contributed by atoms with Crippen LogP contribution < -0.4 is 9.47 Å². The first-order valence-electron chi connectivity index (χ1n) is 9.69. The fraction of sp³-hybridized carbons (Fsp3) is 0.261. The van der Waals surface area contributed by atoms with Crippen LogP contribution in [0.5, 0.6) is 17.2 Å². The number of H-pyrrole nitrogens is 1. The van der Waals surface area contributed by atoms with Gasteiger partial charge in [-0.3, -0.25) is 0 Å². The van der Waals surface area contributed by atoms with Crippen molar-refractivity contribution in [2.45, 2.75) is 24.3 Å². The monoisotopic (exact) mass is 443 g/mol. The van der Waals surface area contributed by atoms with Crippen molar-refractivity contribution in [1.82, 2.24) is 4.98 Å². The predicted octanol–water partition coefficient (Wildman–Crippen LogP) is 4.03. The lowest BCUT2D eigenvalue weighted by molar-refractivity contribution is -0.107. The Balaban J connectivity index is 1.92. The van der Waals surface area contributed by atoms with Crippen LogP contribution in [0, 0.1) is 0 Å². The zero-order chi connectivity index (χ0) is 22.4. The van der Waals surface area contributed by atoms with Crippen LogP contribution in [0.25, 0.3) is 11.3 Å². The molecule has 0 unspecified atom stereocenters. The maximum Gasteiger partial charge on any atom is 0.175 e. The molecule has 0 aliphatic carbocycles. The maximum absolute atomic E-state index is 11.7. The Labute approximate surface area is 181 Å². The quantitative estimate of drug-likeness (QED) is 0.476. The number of aromatic amines is 1. The summed E-state index contributed by atoms with van der Waals surface area (Å²) in [4.78, 5) is 14.2. The summed E-state index contributed by atoms with van der Waals surface area (Å²) >= 11 is 0. The molecular formula is C23H25NO6S. The number of nitrogens with one attached hydrogen (secondary N) is 1. The Morgan fingerprint density at radius 2 is 1.71 bits per heavy atom. The first-order valence-corrected chi connectivity index (χ1v) is 11.6. The lowest BCUT2D eigenvalue weighted by atomic mass is 10.1. The number of aromatic nitrogens is 1. The molecule has 1 aromatic heterocycles. The summed E-state index contributed by atoms with van der Waals surface area (Å²) in [5.41, 5.74) is 2.45. The van der Waals surface area contributed by atoms with E-state index in [1.807, 2.05) is 31.2 Å². The van der Waals surface area contributed by atoms with Crippen LogP contribution in [0.15, 0.2) is 59.5 Å². The van der Waals surface area contributed by atoms with Crippen molar-refractivity contribution in [3.8, 4) is 28.5 Å². The van der Waals surface area contributed by atoms with E-state index in [-0.39, 0.29) is 11.0 Å². The number of hydrogen-bond acceptors (Lipinski definition) is 6. The second kappa shape index (κ2) is 9.80. The van der Waals surface area contributed by atoms with E-state index in [0.29, 0.717) is 30.3 Å². The third-order valence-corrected chi connectivity index (χ3v) is 5.60. The number of carbonyl (C=O) groups excluding carboxylic acids is 1. The Morgan fingerprint density at radius 3 is 2.35 bits per heavy atom. The van der Waals surface area contributed by atoms with E-state index >= 15 is 0 Å². The Morgan fingerprint density at radius 1 is 1.00 bits per heavy atom. The molecule has 1 heterocycles. The van der Waals surface area contributed by atoms with Gasteiger partial charge in [-0.1, -0.05) is 0 Å². The molecule has 0 spiro atoms. The molecule has 0 radical (unpaired) electrons. The molecule has 7 nitrogen and oxygen atoms in total. The minimum atomic E-state index is -3.28. The number of sulfone groups is 1. The van der Waals surface area contributed by atoms with E-state index in [1.165, 1.54) is 12.1 Å². The molecule has 2 aromatic carbocycles. The van der Waals surface area contributed by atoms with Gasteiger partial charge in [0.2, 0.25) is 0 Å². The van der Waals surface area contributed by atoms with Crippen LogP contribution in [-0.4, -0.2) is 45.8 Å². The SMILES string of the molecule is COC[C@H](C)Oc1cc(Oc2ccc(S(C)(=O)=O)cc2)cc(-c2ccc(CC=O)[nH]2)c1. The van der Waals surface area contributed by atoms with Crippen LogP contribution in [0.2, 0.25) is 0 Å². The lowest BCUT2D eigenvalue weighted by Gasteiger charge is -2.16. The fourth-order valence-electron chi connectivity index (χ4n) is 3.06. The van der Waals surface area contributed by atoms with Gasteiger partial charge in [-0.15, -0.1) is 0 Å². The Kier molecular flexibility index (Phi) is 7.14. The van der Waals surface area contributed by atoms with E-state index in [2.05, 4.69) is 4.98 Å². The van der Waals surface area contributed by atoms with Crippen LogP contribution in [0.4, 0.5) is 0 Å². The van der Waals surface area contributed by atoms with Gasteiger partial charge in [-0.2, -0.15) is 0 Å². The number of hydrogen-bond donors (Lipinski definition) is 1. The molecule has 0 bridgehead atoms. The van der Waals surface area contributed by atoms with Crippen LogP contribution in [-0.2, 0) is 25.8 Å². The van der Waals surface area contributed by atoms with Crippen molar-refractivity contribution < 1.29 is 27.4 Å². The summed E-state index contributed by atoms with van der Waals surface area (Å²) in [6, 6.07) is 15.4. The van der Waals surface area contributed by atoms with Gasteiger partial charge in [-0.05, 0) is 55.5 Å². The molecule has 31 heavy (non-hydrogen) atoms. The summed E-state index contributed by atoms with van der Waals surface area (Å²) in [5, 5.41) is 0. The van der Waals surface area contributed by atoms with Gasteiger partial charge in [0.15, 0.2) is 9.84 Å². The van der Waals surface area contributed by atoms with Crippen molar-refractivity contribution >= 4 is 16.1 Å². The molecular weight excluding hydrogens is 418 g/mol. The van der Waals surface area contributed by atoms with E-state index in [9.17, 15) is 13.2 Å². The van der Waals surface area contributed by atoms with E-state index in [4.69, 9.17) is 14.2 Å². The molecule has 8 heteroatoms. The molecule has 0 saturated heterocycles. The number of rotatable bonds is 10. The summed E-state index contributed by atoms with van der Waals surface area (Å²) in [6.45, 7) is 2.33. The Bertz CT molecular complexity index is 1140. The molecule has 0 aliphatic heterocycles. The van der Waals surface area contributed by atoms with Gasteiger partial charge in [0.1, 0.15) is 29.6 Å². The summed E-state index contributed by atoms with van der Waals surface area (Å²) in [6.07, 6.45) is 2.14. The number of carbonyl (C=O) groups is 1. The zero-order valence-corrected chi connectivity index (χ0v) is 18.4. The highest BCUT2D eigenvalue weighted by atomic mass is 32.2. The maximum atomic E-state index is 11.7. The lowest BCUT2D eigenvalue weighted by Crippen LogP contribution is -2.17. The highest BCUT2D eigenvalue weighted by molar-refractivity contribution is 7.90. The third kappa shape index (κ3) is 6.19. The Hall–Kier alpha value is -3.10. The van der Waals surface area contributed by atoms with E-state index in [0.717, 1.165) is 29.5 Å². The summed E-state index contributed by atoms with van der Waals surface area (Å²) < 4.78 is 40.4. The highest BCUT2D eigenvalue weighted by Crippen LogP contribution is 2.33. The van der Waals surface area contributed by atoms with Crippen LogP contribution >= 0.6 is 0 Å². The molecule has 164 valence electrons. The minimum absolute atomic E-state index is 0.170. The smallest absolute Gasteiger partial charge is 0.175 e. The number of aldehydes is 1. The van der Waals surface area contributed by atoms with Gasteiger partial charge in [0, 0.05) is 42.8 Å². The normalized spacial score (nSPS) is 12.4. The van der Waals surface area contributed by atoms with E-state index < -0.39 is 9.84 Å². The van der Waals surface area contributed by atoms with Gasteiger partial charge in [0.25, 0.3) is 0 Å². The second-order valence-electron chi connectivity index (χ2n) is 7.19. The molecule has 1 atom stereocenters. The first kappa shape index (κ1) is 22.6. The van der Waals surface area contributed by atoms with Gasteiger partial charge in [0.05, 0.1) is 11.5 Å². The van der Waals surface area contributed by atoms with Gasteiger partial charge >= 0.3 is 0 Å². The van der Waals surface area contributed by atoms with Crippen molar-refractivity contribution in [1.29, 1.82) is 0 Å². The van der Waals surface area contributed by atoms with Gasteiger partial charge < -0.3 is 24.0 Å². The van der Waals surface area contributed by atoms with Gasteiger partial charge in [-0.25, -0.2) is 8.42 Å². The number of ether oxygens (including phenoxy) is 3. The fourth-order valence-corrected chi connectivity index (χ4v) is 3.69. The molecule has 0 saturated carbocycles. The number of benzene rings is 2. The second-order valence-corrected chi connectivity index (χ2v) is 9.21. The highest BCUT2D eigenvalue weighted by Gasteiger charge is 2.12. The summed E-state index contributed by atoms with van der Waals surface area (Å²) in [5.74, 6) is 1.61. The zero-order valence-electron chi connectivity index (χ0n) is 17.6. The summed E-state index contributed by atoms with van der Waals surface area (Å²) in [7, 11) is -1.67. The average molecular weight is 444 g/mol. The van der Waals surface area contributed by atoms with Crippen LogP contribution in [0.3, 0.4) is 0 Å². The molecule has 0 fully saturated rings. The van der Waals surface area contributed by atoms with Crippen molar-refractivity contribution in [3.05, 3.63) is 60.3 Å². The topological polar surface area (TPSA) is 94.7 Å². The van der Waals surface area contributed by atoms with E-state index in [1.54, 1.807) is 25.3 Å². The molecule has 0 aliphatic rings. The minimum Gasteiger partial charge on any atom is -0.488 e. The molecule has 1 N–H and O–H groups in total. The molecule has 0 amide bonds. The number of methoxy groups -OCH3 is 1. The van der Waals surface area contributed by atoms with Crippen molar-refractivity contribution in [2.75, 3.05) is 20.0 Å². The average Bonchev–Trinajstić information content (AvgIpc) is 3.17. The third-order valence-electron chi connectivity index (χ3n) is 4.47. The molecule has 3 aromatic rings. The van der Waals surface area contributed by atoms with Crippen molar-refractivity contribution in [3.63, 3.8) is 0 Å². The van der Waals surface area contributed by atoms with Crippen LogP contribution in [0.1, 0.15) is 12.6 Å². The molecule has 3 rings (SSSR count). The van der Waals surface area contributed by atoms with Crippen molar-refractivity contribution in [2.24, 2.45) is 0 Å².